The van der Waals surface area contributed by atoms with Gasteiger partial charge in [-0.3, -0.25) is 4.79 Å². The normalized spacial score (nSPS) is 11.0. The topological polar surface area (TPSA) is 95.1 Å². The standard InChI is InChI=1S/C20H16F3N5O2/c1-28(11-5-10-24)15-9-8-14(12-25-15)26-18(29)16-17(20(21,22)23)30-19(27-16)13-6-3-2-4-7-13/h2-4,6-9,12H,5,11H2,1H3,(H,26,29). The number of nitrogens with one attached hydrogen (secondary N) is 1. The van der Waals surface area contributed by atoms with Crippen molar-refractivity contribution in [3.63, 3.8) is 0 Å². The van der Waals surface area contributed by atoms with E-state index in [4.69, 9.17) is 9.68 Å². The molecule has 0 aliphatic heterocycles. The number of hydrogen-bond acceptors (Lipinski definition) is 6. The molecule has 1 N–H and O–H groups in total. The molecule has 0 aliphatic carbocycles. The second-order valence-corrected chi connectivity index (χ2v) is 6.25. The first-order valence-electron chi connectivity index (χ1n) is 8.78. The third-order valence-electron chi connectivity index (χ3n) is 4.08. The average Bonchev–Trinajstić information content (AvgIpc) is 3.19. The highest BCUT2D eigenvalue weighted by atomic mass is 19.4. The predicted molar refractivity (Wildman–Crippen MR) is 103 cm³/mol. The van der Waals surface area contributed by atoms with Crippen molar-refractivity contribution in [1.82, 2.24) is 9.97 Å². The minimum atomic E-state index is -4.89. The van der Waals surface area contributed by atoms with Gasteiger partial charge in [0.05, 0.1) is 24.4 Å². The molecule has 0 saturated carbocycles. The van der Waals surface area contributed by atoms with Gasteiger partial charge in [0, 0.05) is 19.2 Å². The average molecular weight is 415 g/mol. The van der Waals surface area contributed by atoms with Crippen LogP contribution >= 0.6 is 0 Å². The highest BCUT2D eigenvalue weighted by Gasteiger charge is 2.42. The molecule has 0 saturated heterocycles. The third kappa shape index (κ3) is 4.75. The number of nitriles is 1. The molecule has 1 aromatic carbocycles. The van der Waals surface area contributed by atoms with Crippen LogP contribution in [0.25, 0.3) is 11.5 Å². The zero-order chi connectivity index (χ0) is 21.7. The summed E-state index contributed by atoms with van der Waals surface area (Å²) >= 11 is 0. The van der Waals surface area contributed by atoms with E-state index in [1.54, 1.807) is 36.2 Å². The summed E-state index contributed by atoms with van der Waals surface area (Å²) in [6.07, 6.45) is -3.27. The Balaban J connectivity index is 1.83. The van der Waals surface area contributed by atoms with Crippen LogP contribution < -0.4 is 10.2 Å². The summed E-state index contributed by atoms with van der Waals surface area (Å²) in [5, 5.41) is 11.0. The van der Waals surface area contributed by atoms with Crippen molar-refractivity contribution in [2.75, 3.05) is 23.8 Å². The minimum Gasteiger partial charge on any atom is -0.431 e. The van der Waals surface area contributed by atoms with Crippen molar-refractivity contribution in [2.24, 2.45) is 0 Å². The van der Waals surface area contributed by atoms with Crippen LogP contribution in [0.3, 0.4) is 0 Å². The molecular formula is C20H16F3N5O2. The largest absolute Gasteiger partial charge is 0.452 e. The molecule has 1 amide bonds. The van der Waals surface area contributed by atoms with Gasteiger partial charge in [-0.15, -0.1) is 0 Å². The van der Waals surface area contributed by atoms with E-state index < -0.39 is 23.5 Å². The molecule has 0 aliphatic rings. The van der Waals surface area contributed by atoms with Crippen molar-refractivity contribution in [3.05, 3.63) is 60.1 Å². The highest BCUT2D eigenvalue weighted by molar-refractivity contribution is 6.04. The number of carbonyl (C=O) groups is 1. The molecule has 2 heterocycles. The molecular weight excluding hydrogens is 399 g/mol. The van der Waals surface area contributed by atoms with Crippen molar-refractivity contribution in [1.29, 1.82) is 5.26 Å². The number of pyridine rings is 1. The van der Waals surface area contributed by atoms with Crippen molar-refractivity contribution >= 4 is 17.4 Å². The van der Waals surface area contributed by atoms with Crippen molar-refractivity contribution in [3.8, 4) is 17.5 Å². The Morgan fingerprint density at radius 3 is 2.57 bits per heavy atom. The monoisotopic (exact) mass is 415 g/mol. The number of amides is 1. The summed E-state index contributed by atoms with van der Waals surface area (Å²) in [4.78, 5) is 22.1. The number of nitrogens with zero attached hydrogens (tertiary/aromatic N) is 4. The van der Waals surface area contributed by atoms with Crippen LogP contribution in [-0.2, 0) is 6.18 Å². The van der Waals surface area contributed by atoms with E-state index in [0.717, 1.165) is 0 Å². The number of halogens is 3. The Labute approximate surface area is 169 Å². The predicted octanol–water partition coefficient (Wildman–Crippen LogP) is 4.36. The Bertz CT molecular complexity index is 1060. The fourth-order valence-corrected chi connectivity index (χ4v) is 2.58. The lowest BCUT2D eigenvalue weighted by molar-refractivity contribution is -0.153. The first kappa shape index (κ1) is 20.9. The summed E-state index contributed by atoms with van der Waals surface area (Å²) < 4.78 is 45.0. The molecule has 154 valence electrons. The van der Waals surface area contributed by atoms with Gasteiger partial charge in [0.2, 0.25) is 11.7 Å². The van der Waals surface area contributed by atoms with Crippen LogP contribution in [0.4, 0.5) is 24.7 Å². The van der Waals surface area contributed by atoms with Gasteiger partial charge in [0.1, 0.15) is 5.82 Å². The first-order valence-corrected chi connectivity index (χ1v) is 8.78. The number of hydrogen-bond donors (Lipinski definition) is 1. The van der Waals surface area contributed by atoms with Crippen LogP contribution in [0.15, 0.2) is 53.1 Å². The van der Waals surface area contributed by atoms with E-state index in [9.17, 15) is 18.0 Å². The molecule has 2 aromatic heterocycles. The van der Waals surface area contributed by atoms with Crippen LogP contribution in [0.1, 0.15) is 22.7 Å². The van der Waals surface area contributed by atoms with E-state index >= 15 is 0 Å². The van der Waals surface area contributed by atoms with Crippen LogP contribution in [0.5, 0.6) is 0 Å². The fourth-order valence-electron chi connectivity index (χ4n) is 2.58. The zero-order valence-electron chi connectivity index (χ0n) is 15.8. The number of rotatable bonds is 6. The van der Waals surface area contributed by atoms with Gasteiger partial charge in [0.15, 0.2) is 5.69 Å². The third-order valence-corrected chi connectivity index (χ3v) is 4.08. The maximum absolute atomic E-state index is 13.4. The first-order chi connectivity index (χ1) is 14.3. The molecule has 10 heteroatoms. The van der Waals surface area contributed by atoms with E-state index in [0.29, 0.717) is 24.3 Å². The van der Waals surface area contributed by atoms with Gasteiger partial charge in [-0.25, -0.2) is 9.97 Å². The molecule has 0 spiro atoms. The van der Waals surface area contributed by atoms with Crippen molar-refractivity contribution in [2.45, 2.75) is 12.6 Å². The van der Waals surface area contributed by atoms with Gasteiger partial charge in [-0.1, -0.05) is 18.2 Å². The van der Waals surface area contributed by atoms with Gasteiger partial charge < -0.3 is 14.6 Å². The highest BCUT2D eigenvalue weighted by Crippen LogP contribution is 2.35. The van der Waals surface area contributed by atoms with Crippen molar-refractivity contribution < 1.29 is 22.4 Å². The number of anilines is 2. The summed E-state index contributed by atoms with van der Waals surface area (Å²) in [6.45, 7) is 0.464. The van der Waals surface area contributed by atoms with E-state index in [2.05, 4.69) is 15.3 Å². The smallest absolute Gasteiger partial charge is 0.431 e. The van der Waals surface area contributed by atoms with E-state index in [1.807, 2.05) is 6.07 Å². The quantitative estimate of drug-likeness (QED) is 0.643. The molecule has 0 unspecified atom stereocenters. The molecule has 3 rings (SSSR count). The maximum Gasteiger partial charge on any atom is 0.452 e. The molecule has 0 bridgehead atoms. The SMILES string of the molecule is CN(CCC#N)c1ccc(NC(=O)c2nc(-c3ccccc3)oc2C(F)(F)F)cn1. The molecule has 0 atom stereocenters. The van der Waals surface area contributed by atoms with Crippen LogP contribution in [0, 0.1) is 11.3 Å². The number of benzene rings is 1. The summed E-state index contributed by atoms with van der Waals surface area (Å²) in [6, 6.07) is 13.1. The fraction of sp³-hybridized carbons (Fsp3) is 0.200. The summed E-state index contributed by atoms with van der Waals surface area (Å²) in [7, 11) is 1.74. The van der Waals surface area contributed by atoms with Gasteiger partial charge >= 0.3 is 6.18 Å². The number of aromatic nitrogens is 2. The number of oxazole rings is 1. The number of carbonyl (C=O) groups excluding carboxylic acids is 1. The zero-order valence-corrected chi connectivity index (χ0v) is 15.8. The van der Waals surface area contributed by atoms with E-state index in [-0.39, 0.29) is 11.6 Å². The molecule has 0 fully saturated rings. The second kappa shape index (κ2) is 8.65. The molecule has 7 nitrogen and oxygen atoms in total. The lowest BCUT2D eigenvalue weighted by atomic mass is 10.2. The molecule has 3 aromatic rings. The maximum atomic E-state index is 13.4. The van der Waals surface area contributed by atoms with Gasteiger partial charge in [-0.2, -0.15) is 18.4 Å². The summed E-state index contributed by atoms with van der Waals surface area (Å²) in [5.74, 6) is -2.30. The Morgan fingerprint density at radius 2 is 1.97 bits per heavy atom. The van der Waals surface area contributed by atoms with Gasteiger partial charge in [0.25, 0.3) is 5.91 Å². The minimum absolute atomic E-state index is 0.190. The lowest BCUT2D eigenvalue weighted by Crippen LogP contribution is -2.20. The second-order valence-electron chi connectivity index (χ2n) is 6.25. The molecule has 0 radical (unpaired) electrons. The Morgan fingerprint density at radius 1 is 1.23 bits per heavy atom. The summed E-state index contributed by atoms with van der Waals surface area (Å²) in [5.41, 5.74) is -0.361. The molecule has 30 heavy (non-hydrogen) atoms. The lowest BCUT2D eigenvalue weighted by Gasteiger charge is -2.16. The van der Waals surface area contributed by atoms with Crippen LogP contribution in [0.2, 0.25) is 0 Å². The van der Waals surface area contributed by atoms with Gasteiger partial charge in [-0.05, 0) is 24.3 Å². The number of alkyl halides is 3. The Kier molecular flexibility index (Phi) is 6.01. The van der Waals surface area contributed by atoms with Crippen LogP contribution in [-0.4, -0.2) is 29.5 Å². The Hall–Kier alpha value is -3.87. The van der Waals surface area contributed by atoms with E-state index in [1.165, 1.54) is 24.4 Å².